The highest BCUT2D eigenvalue weighted by molar-refractivity contribution is 5.50. The Balaban J connectivity index is 2.29. The van der Waals surface area contributed by atoms with Gasteiger partial charge in [-0.15, -0.1) is 0 Å². The summed E-state index contributed by atoms with van der Waals surface area (Å²) in [6, 6.07) is 3.91. The van der Waals surface area contributed by atoms with Crippen molar-refractivity contribution >= 4 is 5.82 Å². The minimum atomic E-state index is 0.300. The van der Waals surface area contributed by atoms with Crippen molar-refractivity contribution in [2.24, 2.45) is 0 Å². The molecule has 0 aliphatic heterocycles. The molecule has 1 aromatic heterocycles. The molecule has 1 aliphatic carbocycles. The molecule has 0 saturated heterocycles. The van der Waals surface area contributed by atoms with Gasteiger partial charge in [-0.1, -0.05) is 0 Å². The zero-order valence-electron chi connectivity index (χ0n) is 8.90. The van der Waals surface area contributed by atoms with Crippen molar-refractivity contribution < 1.29 is 4.74 Å². The first kappa shape index (κ1) is 9.78. The lowest BCUT2D eigenvalue weighted by Gasteiger charge is -2.13. The third-order valence-electron chi connectivity index (χ3n) is 2.25. The van der Waals surface area contributed by atoms with Gasteiger partial charge in [-0.2, -0.15) is 5.26 Å². The smallest absolute Gasteiger partial charge is 0.142 e. The van der Waals surface area contributed by atoms with E-state index in [0.29, 0.717) is 17.4 Å². The molecular weight excluding hydrogens is 190 g/mol. The van der Waals surface area contributed by atoms with E-state index in [1.165, 1.54) is 0 Å². The number of hydrogen-bond acceptors (Lipinski definition) is 4. The molecule has 0 N–H and O–H groups in total. The van der Waals surface area contributed by atoms with Gasteiger partial charge in [0.2, 0.25) is 0 Å². The van der Waals surface area contributed by atoms with Gasteiger partial charge >= 0.3 is 0 Å². The molecule has 0 bridgehead atoms. The van der Waals surface area contributed by atoms with E-state index in [1.54, 1.807) is 6.20 Å². The quantitative estimate of drug-likeness (QED) is 0.748. The van der Waals surface area contributed by atoms with E-state index in [4.69, 9.17) is 10.00 Å². The number of nitriles is 1. The van der Waals surface area contributed by atoms with E-state index in [-0.39, 0.29) is 0 Å². The highest BCUT2D eigenvalue weighted by atomic mass is 16.5. The first-order chi connectivity index (χ1) is 7.20. The average molecular weight is 203 g/mol. The van der Waals surface area contributed by atoms with Crippen LogP contribution in [0.2, 0.25) is 0 Å². The average Bonchev–Trinajstić information content (AvgIpc) is 3.01. The van der Waals surface area contributed by atoms with Crippen LogP contribution in [-0.4, -0.2) is 25.2 Å². The summed E-state index contributed by atoms with van der Waals surface area (Å²) in [5.74, 6) is 1.46. The first-order valence-corrected chi connectivity index (χ1v) is 4.95. The number of rotatable bonds is 3. The molecule has 0 unspecified atom stereocenters. The Labute approximate surface area is 89.1 Å². The van der Waals surface area contributed by atoms with Crippen LogP contribution in [-0.2, 0) is 0 Å². The fourth-order valence-corrected chi connectivity index (χ4v) is 1.22. The molecule has 1 aliphatic rings. The maximum absolute atomic E-state index is 8.90. The lowest BCUT2D eigenvalue weighted by atomic mass is 10.2. The lowest BCUT2D eigenvalue weighted by molar-refractivity contribution is 0.302. The fourth-order valence-electron chi connectivity index (χ4n) is 1.22. The van der Waals surface area contributed by atoms with Crippen LogP contribution in [0.1, 0.15) is 18.4 Å². The van der Waals surface area contributed by atoms with Crippen molar-refractivity contribution in [1.82, 2.24) is 4.98 Å². The highest BCUT2D eigenvalue weighted by Gasteiger charge is 2.25. The number of pyridine rings is 1. The van der Waals surface area contributed by atoms with Gasteiger partial charge in [-0.3, -0.25) is 0 Å². The summed E-state index contributed by atoms with van der Waals surface area (Å²) >= 11 is 0. The molecule has 0 radical (unpaired) electrons. The van der Waals surface area contributed by atoms with Crippen LogP contribution < -0.4 is 9.64 Å². The maximum Gasteiger partial charge on any atom is 0.142 e. The third kappa shape index (κ3) is 2.18. The number of aromatic nitrogens is 1. The van der Waals surface area contributed by atoms with Crippen LogP contribution in [0.15, 0.2) is 12.3 Å². The number of ether oxygens (including phenoxy) is 1. The molecule has 1 heterocycles. The van der Waals surface area contributed by atoms with Crippen LogP contribution in [0.4, 0.5) is 5.82 Å². The second-order valence-corrected chi connectivity index (χ2v) is 3.86. The van der Waals surface area contributed by atoms with Crippen LogP contribution in [0, 0.1) is 11.3 Å². The SMILES string of the molecule is CN(C)c1cc(OC2CC2)c(C#N)cn1. The summed E-state index contributed by atoms with van der Waals surface area (Å²) in [5, 5.41) is 8.90. The Morgan fingerprint density at radius 3 is 2.80 bits per heavy atom. The van der Waals surface area contributed by atoms with E-state index < -0.39 is 0 Å². The predicted octanol–water partition coefficient (Wildman–Crippen LogP) is 1.56. The Morgan fingerprint density at radius 2 is 2.27 bits per heavy atom. The summed E-state index contributed by atoms with van der Waals surface area (Å²) in [4.78, 5) is 6.05. The summed E-state index contributed by atoms with van der Waals surface area (Å²) in [5.41, 5.74) is 0.507. The zero-order valence-corrected chi connectivity index (χ0v) is 8.90. The van der Waals surface area contributed by atoms with Crippen LogP contribution in [0.3, 0.4) is 0 Å². The molecule has 1 aromatic rings. The van der Waals surface area contributed by atoms with E-state index >= 15 is 0 Å². The topological polar surface area (TPSA) is 49.1 Å². The normalized spacial score (nSPS) is 14.5. The van der Waals surface area contributed by atoms with Gasteiger partial charge in [-0.25, -0.2) is 4.98 Å². The molecule has 15 heavy (non-hydrogen) atoms. The molecule has 4 heteroatoms. The van der Waals surface area contributed by atoms with Crippen molar-refractivity contribution in [1.29, 1.82) is 5.26 Å². The Hall–Kier alpha value is -1.76. The molecule has 1 fully saturated rings. The van der Waals surface area contributed by atoms with Crippen LogP contribution >= 0.6 is 0 Å². The summed E-state index contributed by atoms with van der Waals surface area (Å²) in [7, 11) is 3.82. The van der Waals surface area contributed by atoms with Crippen LogP contribution in [0.25, 0.3) is 0 Å². The van der Waals surface area contributed by atoms with Gasteiger partial charge in [0.15, 0.2) is 0 Å². The largest absolute Gasteiger partial charge is 0.489 e. The molecule has 0 spiro atoms. The second-order valence-electron chi connectivity index (χ2n) is 3.86. The Kier molecular flexibility index (Phi) is 2.46. The molecular formula is C11H13N3O. The third-order valence-corrected chi connectivity index (χ3v) is 2.25. The minimum absolute atomic E-state index is 0.300. The second kappa shape index (κ2) is 3.77. The summed E-state index contributed by atoms with van der Waals surface area (Å²) in [6.45, 7) is 0. The number of nitrogens with zero attached hydrogens (tertiary/aromatic N) is 3. The molecule has 0 amide bonds. The standard InChI is InChI=1S/C11H13N3O/c1-14(2)11-5-10(15-9-3-4-9)8(6-12)7-13-11/h5,7,9H,3-4H2,1-2H3. The van der Waals surface area contributed by atoms with Gasteiger partial charge in [0.1, 0.15) is 23.2 Å². The van der Waals surface area contributed by atoms with Crippen molar-refractivity contribution in [3.8, 4) is 11.8 Å². The van der Waals surface area contributed by atoms with Gasteiger partial charge in [0.25, 0.3) is 0 Å². The molecule has 78 valence electrons. The highest BCUT2D eigenvalue weighted by Crippen LogP contribution is 2.30. The minimum Gasteiger partial charge on any atom is -0.489 e. The van der Waals surface area contributed by atoms with Gasteiger partial charge in [0, 0.05) is 20.2 Å². The molecule has 1 saturated carbocycles. The Bertz CT molecular complexity index is 405. The van der Waals surface area contributed by atoms with Crippen molar-refractivity contribution in [3.63, 3.8) is 0 Å². The molecule has 0 aromatic carbocycles. The fraction of sp³-hybridized carbons (Fsp3) is 0.455. The summed E-state index contributed by atoms with van der Waals surface area (Å²) in [6.07, 6.45) is 4.04. The monoisotopic (exact) mass is 203 g/mol. The molecule has 4 nitrogen and oxygen atoms in total. The van der Waals surface area contributed by atoms with E-state index in [9.17, 15) is 0 Å². The predicted molar refractivity (Wildman–Crippen MR) is 56.9 cm³/mol. The van der Waals surface area contributed by atoms with E-state index in [1.807, 2.05) is 25.1 Å². The van der Waals surface area contributed by atoms with Gasteiger partial charge < -0.3 is 9.64 Å². The summed E-state index contributed by atoms with van der Waals surface area (Å²) < 4.78 is 5.65. The van der Waals surface area contributed by atoms with Crippen molar-refractivity contribution in [3.05, 3.63) is 17.8 Å². The van der Waals surface area contributed by atoms with Gasteiger partial charge in [-0.05, 0) is 12.8 Å². The number of hydrogen-bond donors (Lipinski definition) is 0. The maximum atomic E-state index is 8.90. The first-order valence-electron chi connectivity index (χ1n) is 4.95. The Morgan fingerprint density at radius 1 is 1.53 bits per heavy atom. The van der Waals surface area contributed by atoms with Crippen molar-refractivity contribution in [2.45, 2.75) is 18.9 Å². The molecule has 2 rings (SSSR count). The zero-order chi connectivity index (χ0) is 10.8. The molecule has 0 atom stereocenters. The van der Waals surface area contributed by atoms with Gasteiger partial charge in [0.05, 0.1) is 12.3 Å². The van der Waals surface area contributed by atoms with E-state index in [0.717, 1.165) is 18.7 Å². The van der Waals surface area contributed by atoms with Crippen molar-refractivity contribution in [2.75, 3.05) is 19.0 Å². The lowest BCUT2D eigenvalue weighted by Crippen LogP contribution is -2.11. The van der Waals surface area contributed by atoms with Crippen LogP contribution in [0.5, 0.6) is 5.75 Å². The van der Waals surface area contributed by atoms with E-state index in [2.05, 4.69) is 11.1 Å². The number of anilines is 1.